The standard InChI is InChI=1S/C14H9ClN2O2S/c15-10-2-1-8(14-17-5-6-19-14)7-9(10)11-3-4-12(20-11)13(16)18/h1-7H,(H2,16,18). The van der Waals surface area contributed by atoms with Gasteiger partial charge in [-0.25, -0.2) is 4.98 Å². The Morgan fingerprint density at radius 3 is 2.80 bits per heavy atom. The number of carbonyl (C=O) groups is 1. The molecule has 0 unspecified atom stereocenters. The summed E-state index contributed by atoms with van der Waals surface area (Å²) >= 11 is 7.52. The van der Waals surface area contributed by atoms with E-state index in [9.17, 15) is 4.79 Å². The predicted octanol–water partition coefficient (Wildman–Crippen LogP) is 3.82. The summed E-state index contributed by atoms with van der Waals surface area (Å²) in [7, 11) is 0. The first kappa shape index (κ1) is 12.9. The summed E-state index contributed by atoms with van der Waals surface area (Å²) < 4.78 is 5.27. The molecule has 6 heteroatoms. The number of rotatable bonds is 3. The Kier molecular flexibility index (Phi) is 3.30. The molecule has 4 nitrogen and oxygen atoms in total. The minimum Gasteiger partial charge on any atom is -0.445 e. The van der Waals surface area contributed by atoms with E-state index in [-0.39, 0.29) is 0 Å². The number of benzene rings is 1. The molecule has 3 aromatic rings. The van der Waals surface area contributed by atoms with Gasteiger partial charge < -0.3 is 10.2 Å². The molecule has 3 rings (SSSR count). The van der Waals surface area contributed by atoms with Crippen LogP contribution in [0.2, 0.25) is 5.02 Å². The van der Waals surface area contributed by atoms with Gasteiger partial charge in [-0.1, -0.05) is 11.6 Å². The van der Waals surface area contributed by atoms with E-state index in [4.69, 9.17) is 21.8 Å². The first-order valence-corrected chi connectivity index (χ1v) is 6.94. The number of thiophene rings is 1. The Morgan fingerprint density at radius 2 is 2.15 bits per heavy atom. The van der Waals surface area contributed by atoms with Gasteiger partial charge in [0.05, 0.1) is 11.1 Å². The Labute approximate surface area is 123 Å². The fourth-order valence-electron chi connectivity index (χ4n) is 1.83. The van der Waals surface area contributed by atoms with Gasteiger partial charge in [-0.15, -0.1) is 11.3 Å². The molecule has 0 spiro atoms. The molecule has 0 aliphatic rings. The molecule has 2 heterocycles. The second-order valence-corrected chi connectivity index (χ2v) is 5.55. The average molecular weight is 305 g/mol. The molecule has 1 amide bonds. The van der Waals surface area contributed by atoms with Crippen molar-refractivity contribution in [3.8, 4) is 21.9 Å². The minimum atomic E-state index is -0.443. The highest BCUT2D eigenvalue weighted by Gasteiger charge is 2.12. The molecule has 20 heavy (non-hydrogen) atoms. The highest BCUT2D eigenvalue weighted by atomic mass is 35.5. The topological polar surface area (TPSA) is 69.1 Å². The van der Waals surface area contributed by atoms with Crippen molar-refractivity contribution in [3.63, 3.8) is 0 Å². The molecule has 100 valence electrons. The molecule has 0 aliphatic heterocycles. The smallest absolute Gasteiger partial charge is 0.258 e. The van der Waals surface area contributed by atoms with E-state index in [0.717, 1.165) is 16.0 Å². The first-order valence-electron chi connectivity index (χ1n) is 5.74. The van der Waals surface area contributed by atoms with E-state index < -0.39 is 5.91 Å². The maximum absolute atomic E-state index is 11.2. The zero-order valence-corrected chi connectivity index (χ0v) is 11.7. The van der Waals surface area contributed by atoms with Gasteiger partial charge in [0.1, 0.15) is 6.26 Å². The predicted molar refractivity (Wildman–Crippen MR) is 78.8 cm³/mol. The molecule has 0 atom stereocenters. The lowest BCUT2D eigenvalue weighted by molar-refractivity contribution is 0.100. The lowest BCUT2D eigenvalue weighted by Crippen LogP contribution is -2.07. The SMILES string of the molecule is NC(=O)c1ccc(-c2cc(-c3ncco3)ccc2Cl)s1. The maximum Gasteiger partial charge on any atom is 0.258 e. The Bertz CT molecular complexity index is 765. The normalized spacial score (nSPS) is 10.7. The number of hydrogen-bond acceptors (Lipinski definition) is 4. The van der Waals surface area contributed by atoms with Crippen molar-refractivity contribution < 1.29 is 9.21 Å². The third-order valence-electron chi connectivity index (χ3n) is 2.76. The number of halogens is 1. The van der Waals surface area contributed by atoms with E-state index in [1.165, 1.54) is 17.6 Å². The van der Waals surface area contributed by atoms with Gasteiger partial charge in [0.15, 0.2) is 0 Å². The van der Waals surface area contributed by atoms with Crippen LogP contribution in [0.3, 0.4) is 0 Å². The van der Waals surface area contributed by atoms with Crippen molar-refractivity contribution in [2.24, 2.45) is 5.73 Å². The van der Waals surface area contributed by atoms with E-state index in [2.05, 4.69) is 4.98 Å². The molecule has 0 fully saturated rings. The summed E-state index contributed by atoms with van der Waals surface area (Å²) in [5.41, 5.74) is 6.91. The Balaban J connectivity index is 2.08. The molecule has 0 saturated heterocycles. The van der Waals surface area contributed by atoms with Crippen molar-refractivity contribution in [2.45, 2.75) is 0 Å². The van der Waals surface area contributed by atoms with E-state index in [1.807, 2.05) is 18.2 Å². The maximum atomic E-state index is 11.2. The molecule has 0 radical (unpaired) electrons. The fourth-order valence-corrected chi connectivity index (χ4v) is 2.99. The number of nitrogens with two attached hydrogens (primary N) is 1. The average Bonchev–Trinajstić information content (AvgIpc) is 3.10. The number of carbonyl (C=O) groups excluding carboxylic acids is 1. The number of aromatic nitrogens is 1. The number of nitrogens with zero attached hydrogens (tertiary/aromatic N) is 1. The van der Waals surface area contributed by atoms with Crippen LogP contribution in [0.15, 0.2) is 47.2 Å². The summed E-state index contributed by atoms with van der Waals surface area (Å²) in [6.45, 7) is 0. The molecule has 2 aromatic heterocycles. The van der Waals surface area contributed by atoms with Gasteiger partial charge in [-0.3, -0.25) is 4.79 Å². The summed E-state index contributed by atoms with van der Waals surface area (Å²) in [5.74, 6) is 0.0795. The van der Waals surface area contributed by atoms with E-state index >= 15 is 0 Å². The molecule has 0 aliphatic carbocycles. The summed E-state index contributed by atoms with van der Waals surface area (Å²) in [5, 5.41) is 0.596. The van der Waals surface area contributed by atoms with Crippen LogP contribution in [-0.4, -0.2) is 10.9 Å². The largest absolute Gasteiger partial charge is 0.445 e. The highest BCUT2D eigenvalue weighted by Crippen LogP contribution is 2.36. The third kappa shape index (κ3) is 2.33. The van der Waals surface area contributed by atoms with Crippen LogP contribution in [0.4, 0.5) is 0 Å². The Morgan fingerprint density at radius 1 is 1.30 bits per heavy atom. The van der Waals surface area contributed by atoms with E-state index in [1.54, 1.807) is 18.3 Å². The van der Waals surface area contributed by atoms with E-state index in [0.29, 0.717) is 15.8 Å². The van der Waals surface area contributed by atoms with Crippen LogP contribution >= 0.6 is 22.9 Å². The van der Waals surface area contributed by atoms with Gasteiger partial charge in [0.2, 0.25) is 5.89 Å². The quantitative estimate of drug-likeness (QED) is 0.799. The molecule has 1 aromatic carbocycles. The van der Waals surface area contributed by atoms with Crippen molar-refractivity contribution in [1.82, 2.24) is 4.98 Å². The first-order chi connectivity index (χ1) is 9.65. The van der Waals surface area contributed by atoms with Gasteiger partial charge in [-0.05, 0) is 30.3 Å². The van der Waals surface area contributed by atoms with Crippen molar-refractivity contribution in [1.29, 1.82) is 0 Å². The zero-order valence-electron chi connectivity index (χ0n) is 10.2. The van der Waals surface area contributed by atoms with Crippen molar-refractivity contribution in [3.05, 3.63) is 52.7 Å². The van der Waals surface area contributed by atoms with Gasteiger partial charge in [0, 0.05) is 21.0 Å². The molecular formula is C14H9ClN2O2S. The second-order valence-electron chi connectivity index (χ2n) is 4.06. The van der Waals surface area contributed by atoms with Crippen molar-refractivity contribution in [2.75, 3.05) is 0 Å². The molecule has 0 saturated carbocycles. The number of hydrogen-bond donors (Lipinski definition) is 1. The van der Waals surface area contributed by atoms with Crippen molar-refractivity contribution >= 4 is 28.8 Å². The van der Waals surface area contributed by atoms with Crippen LogP contribution < -0.4 is 5.73 Å². The Hall–Kier alpha value is -2.11. The second kappa shape index (κ2) is 5.11. The summed E-state index contributed by atoms with van der Waals surface area (Å²) in [6, 6.07) is 9.01. The number of primary amides is 1. The molecule has 2 N–H and O–H groups in total. The fraction of sp³-hybridized carbons (Fsp3) is 0. The van der Waals surface area contributed by atoms with Crippen LogP contribution in [0.25, 0.3) is 21.9 Å². The summed E-state index contributed by atoms with van der Waals surface area (Å²) in [4.78, 5) is 16.6. The van der Waals surface area contributed by atoms with Crippen LogP contribution in [0.5, 0.6) is 0 Å². The monoisotopic (exact) mass is 304 g/mol. The third-order valence-corrected chi connectivity index (χ3v) is 4.22. The number of amides is 1. The summed E-state index contributed by atoms with van der Waals surface area (Å²) in [6.07, 6.45) is 3.10. The minimum absolute atomic E-state index is 0.443. The van der Waals surface area contributed by atoms with Crippen LogP contribution in [-0.2, 0) is 0 Å². The number of oxazole rings is 1. The van der Waals surface area contributed by atoms with Gasteiger partial charge >= 0.3 is 0 Å². The molecule has 0 bridgehead atoms. The van der Waals surface area contributed by atoms with Crippen LogP contribution in [0.1, 0.15) is 9.67 Å². The van der Waals surface area contributed by atoms with Gasteiger partial charge in [-0.2, -0.15) is 0 Å². The van der Waals surface area contributed by atoms with Crippen LogP contribution in [0, 0.1) is 0 Å². The van der Waals surface area contributed by atoms with Gasteiger partial charge in [0.25, 0.3) is 5.91 Å². The highest BCUT2D eigenvalue weighted by molar-refractivity contribution is 7.17. The lowest BCUT2D eigenvalue weighted by Gasteiger charge is -2.03. The lowest BCUT2D eigenvalue weighted by atomic mass is 10.1. The molecular weight excluding hydrogens is 296 g/mol. The zero-order chi connectivity index (χ0) is 14.1.